The number of aromatic nitrogens is 3. The van der Waals surface area contributed by atoms with Gasteiger partial charge in [0.2, 0.25) is 0 Å². The van der Waals surface area contributed by atoms with Crippen LogP contribution in [0.5, 0.6) is 0 Å². The SMILES string of the molecule is NC1CCC(c2nc(-c3ccc(Cl)c(Cl)c3)n[nH]2)CC1. The molecule has 0 spiro atoms. The first-order chi connectivity index (χ1) is 9.63. The van der Waals surface area contributed by atoms with Crippen molar-refractivity contribution < 1.29 is 0 Å². The molecule has 1 aromatic heterocycles. The Morgan fingerprint density at radius 3 is 2.55 bits per heavy atom. The Morgan fingerprint density at radius 2 is 1.85 bits per heavy atom. The fourth-order valence-electron chi connectivity index (χ4n) is 2.61. The highest BCUT2D eigenvalue weighted by Crippen LogP contribution is 2.32. The van der Waals surface area contributed by atoms with Gasteiger partial charge in [-0.25, -0.2) is 4.98 Å². The maximum Gasteiger partial charge on any atom is 0.181 e. The minimum atomic E-state index is 0.337. The average molecular weight is 311 g/mol. The predicted octanol–water partition coefficient (Wildman–Crippen LogP) is 3.76. The van der Waals surface area contributed by atoms with E-state index in [0.29, 0.717) is 27.8 Å². The smallest absolute Gasteiger partial charge is 0.181 e. The highest BCUT2D eigenvalue weighted by molar-refractivity contribution is 6.42. The Balaban J connectivity index is 1.81. The van der Waals surface area contributed by atoms with E-state index in [1.165, 1.54) is 0 Å². The molecule has 1 aromatic carbocycles. The lowest BCUT2D eigenvalue weighted by molar-refractivity contribution is 0.385. The summed E-state index contributed by atoms with van der Waals surface area (Å²) in [5.74, 6) is 2.03. The van der Waals surface area contributed by atoms with Crippen molar-refractivity contribution >= 4 is 23.2 Å². The molecule has 3 rings (SSSR count). The number of aromatic amines is 1. The number of H-pyrrole nitrogens is 1. The lowest BCUT2D eigenvalue weighted by Gasteiger charge is -2.23. The topological polar surface area (TPSA) is 67.6 Å². The third kappa shape index (κ3) is 2.82. The van der Waals surface area contributed by atoms with Crippen molar-refractivity contribution in [3.05, 3.63) is 34.1 Å². The Kier molecular flexibility index (Phi) is 3.96. The van der Waals surface area contributed by atoms with Crippen LogP contribution in [-0.4, -0.2) is 21.2 Å². The van der Waals surface area contributed by atoms with Gasteiger partial charge in [0.15, 0.2) is 5.82 Å². The van der Waals surface area contributed by atoms with Crippen LogP contribution in [0, 0.1) is 0 Å². The predicted molar refractivity (Wildman–Crippen MR) is 81.0 cm³/mol. The van der Waals surface area contributed by atoms with E-state index in [2.05, 4.69) is 15.2 Å². The Hall–Kier alpha value is -1.10. The van der Waals surface area contributed by atoms with Crippen molar-refractivity contribution in [3.63, 3.8) is 0 Å². The van der Waals surface area contributed by atoms with Gasteiger partial charge in [-0.15, -0.1) is 0 Å². The molecule has 1 saturated carbocycles. The van der Waals surface area contributed by atoms with Crippen molar-refractivity contribution in [1.29, 1.82) is 0 Å². The molecule has 0 unspecified atom stereocenters. The van der Waals surface area contributed by atoms with Crippen LogP contribution in [-0.2, 0) is 0 Å². The van der Waals surface area contributed by atoms with Crippen molar-refractivity contribution in [3.8, 4) is 11.4 Å². The molecular weight excluding hydrogens is 295 g/mol. The normalized spacial score (nSPS) is 22.9. The first-order valence-corrected chi connectivity index (χ1v) is 7.52. The Labute approximate surface area is 127 Å². The van der Waals surface area contributed by atoms with Gasteiger partial charge in [0.25, 0.3) is 0 Å². The summed E-state index contributed by atoms with van der Waals surface area (Å²) in [6.45, 7) is 0. The quantitative estimate of drug-likeness (QED) is 0.887. The number of hydrogen-bond donors (Lipinski definition) is 2. The number of benzene rings is 1. The van der Waals surface area contributed by atoms with E-state index in [1.807, 2.05) is 6.07 Å². The van der Waals surface area contributed by atoms with Gasteiger partial charge in [-0.3, -0.25) is 5.10 Å². The lowest BCUT2D eigenvalue weighted by atomic mass is 9.86. The molecule has 0 bridgehead atoms. The van der Waals surface area contributed by atoms with E-state index in [-0.39, 0.29) is 0 Å². The third-order valence-corrected chi connectivity index (χ3v) is 4.58. The zero-order chi connectivity index (χ0) is 14.1. The van der Waals surface area contributed by atoms with E-state index in [4.69, 9.17) is 28.9 Å². The first-order valence-electron chi connectivity index (χ1n) is 6.77. The molecule has 2 aromatic rings. The number of rotatable bonds is 2. The second-order valence-electron chi connectivity index (χ2n) is 5.28. The summed E-state index contributed by atoms with van der Waals surface area (Å²) in [4.78, 5) is 4.59. The number of hydrogen-bond acceptors (Lipinski definition) is 3. The summed E-state index contributed by atoms with van der Waals surface area (Å²) in [6.07, 6.45) is 4.23. The number of nitrogens with one attached hydrogen (secondary N) is 1. The van der Waals surface area contributed by atoms with Crippen LogP contribution in [0.25, 0.3) is 11.4 Å². The van der Waals surface area contributed by atoms with Crippen molar-refractivity contribution in [2.45, 2.75) is 37.6 Å². The van der Waals surface area contributed by atoms with E-state index in [0.717, 1.165) is 37.1 Å². The number of nitrogens with two attached hydrogens (primary N) is 1. The third-order valence-electron chi connectivity index (χ3n) is 3.84. The lowest BCUT2D eigenvalue weighted by Crippen LogP contribution is -2.26. The molecule has 0 atom stereocenters. The zero-order valence-corrected chi connectivity index (χ0v) is 12.5. The van der Waals surface area contributed by atoms with Crippen LogP contribution < -0.4 is 5.73 Å². The standard InChI is InChI=1S/C14H16Cl2N4/c15-11-6-3-9(7-12(11)16)14-18-13(19-20-14)8-1-4-10(17)5-2-8/h3,6-8,10H,1-2,4-5,17H2,(H,18,19,20). The minimum Gasteiger partial charge on any atom is -0.328 e. The molecule has 1 aliphatic carbocycles. The van der Waals surface area contributed by atoms with E-state index in [9.17, 15) is 0 Å². The molecule has 0 radical (unpaired) electrons. The molecule has 0 amide bonds. The summed E-state index contributed by atoms with van der Waals surface area (Å²) >= 11 is 11.9. The number of nitrogens with zero attached hydrogens (tertiary/aromatic N) is 2. The maximum absolute atomic E-state index is 6.02. The van der Waals surface area contributed by atoms with Crippen LogP contribution in [0.4, 0.5) is 0 Å². The maximum atomic E-state index is 6.02. The van der Waals surface area contributed by atoms with Crippen molar-refractivity contribution in [2.75, 3.05) is 0 Å². The summed E-state index contributed by atoms with van der Waals surface area (Å²) in [6, 6.07) is 5.75. The Morgan fingerprint density at radius 1 is 1.10 bits per heavy atom. The summed E-state index contributed by atoms with van der Waals surface area (Å²) in [7, 11) is 0. The monoisotopic (exact) mass is 310 g/mol. The van der Waals surface area contributed by atoms with Gasteiger partial charge in [-0.1, -0.05) is 23.2 Å². The fraction of sp³-hybridized carbons (Fsp3) is 0.429. The van der Waals surface area contributed by atoms with Crippen LogP contribution in [0.2, 0.25) is 10.0 Å². The second kappa shape index (κ2) is 5.72. The largest absolute Gasteiger partial charge is 0.328 e. The van der Waals surface area contributed by atoms with Crippen LogP contribution >= 0.6 is 23.2 Å². The van der Waals surface area contributed by atoms with Gasteiger partial charge >= 0.3 is 0 Å². The molecule has 1 fully saturated rings. The Bertz CT molecular complexity index is 603. The minimum absolute atomic E-state index is 0.337. The van der Waals surface area contributed by atoms with E-state index < -0.39 is 0 Å². The molecule has 106 valence electrons. The van der Waals surface area contributed by atoms with E-state index in [1.54, 1.807) is 12.1 Å². The molecule has 6 heteroatoms. The molecule has 3 N–H and O–H groups in total. The molecular formula is C14H16Cl2N4. The molecule has 0 aliphatic heterocycles. The summed E-state index contributed by atoms with van der Waals surface area (Å²) < 4.78 is 0. The summed E-state index contributed by atoms with van der Waals surface area (Å²) in [5.41, 5.74) is 6.80. The van der Waals surface area contributed by atoms with Gasteiger partial charge in [0.1, 0.15) is 5.82 Å². The number of halogens is 2. The van der Waals surface area contributed by atoms with Gasteiger partial charge in [0.05, 0.1) is 10.0 Å². The van der Waals surface area contributed by atoms with Gasteiger partial charge in [-0.2, -0.15) is 5.10 Å². The van der Waals surface area contributed by atoms with Crippen LogP contribution in [0.1, 0.15) is 37.4 Å². The van der Waals surface area contributed by atoms with Gasteiger partial charge < -0.3 is 5.73 Å². The highest BCUT2D eigenvalue weighted by Gasteiger charge is 2.23. The zero-order valence-electron chi connectivity index (χ0n) is 10.9. The van der Waals surface area contributed by atoms with Crippen LogP contribution in [0.15, 0.2) is 18.2 Å². The molecule has 20 heavy (non-hydrogen) atoms. The van der Waals surface area contributed by atoms with Crippen molar-refractivity contribution in [2.24, 2.45) is 5.73 Å². The highest BCUT2D eigenvalue weighted by atomic mass is 35.5. The first kappa shape index (κ1) is 13.9. The van der Waals surface area contributed by atoms with Crippen LogP contribution in [0.3, 0.4) is 0 Å². The second-order valence-corrected chi connectivity index (χ2v) is 6.10. The van der Waals surface area contributed by atoms with E-state index >= 15 is 0 Å². The molecule has 0 saturated heterocycles. The molecule has 1 heterocycles. The average Bonchev–Trinajstić information content (AvgIpc) is 2.92. The fourth-order valence-corrected chi connectivity index (χ4v) is 2.91. The molecule has 4 nitrogen and oxygen atoms in total. The van der Waals surface area contributed by atoms with Gasteiger partial charge in [-0.05, 0) is 43.9 Å². The van der Waals surface area contributed by atoms with Crippen molar-refractivity contribution in [1.82, 2.24) is 15.2 Å². The summed E-state index contributed by atoms with van der Waals surface area (Å²) in [5, 5.41) is 8.37. The molecule has 1 aliphatic rings. The van der Waals surface area contributed by atoms with Gasteiger partial charge in [0, 0.05) is 17.5 Å².